The molecule has 6 heteroatoms. The average Bonchev–Trinajstić information content (AvgIpc) is 2.35. The van der Waals surface area contributed by atoms with Crippen molar-refractivity contribution in [2.75, 3.05) is 17.7 Å². The molecule has 1 aromatic heterocycles. The Hall–Kier alpha value is -2.24. The molecule has 2 N–H and O–H groups in total. The lowest BCUT2D eigenvalue weighted by Gasteiger charge is -2.09. The van der Waals surface area contributed by atoms with Crippen molar-refractivity contribution in [1.29, 1.82) is 0 Å². The first-order chi connectivity index (χ1) is 8.60. The summed E-state index contributed by atoms with van der Waals surface area (Å²) in [7, 11) is 1.61. The molecule has 0 saturated carbocycles. The quantitative estimate of drug-likeness (QED) is 0.879. The van der Waals surface area contributed by atoms with Crippen LogP contribution in [0.15, 0.2) is 24.4 Å². The molecular formula is C12H12F2N4. The van der Waals surface area contributed by atoms with Crippen molar-refractivity contribution in [3.05, 3.63) is 41.6 Å². The Morgan fingerprint density at radius 2 is 1.94 bits per heavy atom. The molecule has 0 aliphatic carbocycles. The van der Waals surface area contributed by atoms with Gasteiger partial charge in [0.15, 0.2) is 11.6 Å². The molecule has 0 bridgehead atoms. The van der Waals surface area contributed by atoms with E-state index in [0.29, 0.717) is 0 Å². The Bertz CT molecular complexity index is 572. The lowest BCUT2D eigenvalue weighted by atomic mass is 10.2. The molecule has 0 saturated heterocycles. The van der Waals surface area contributed by atoms with Gasteiger partial charge < -0.3 is 10.6 Å². The molecule has 1 heterocycles. The summed E-state index contributed by atoms with van der Waals surface area (Å²) in [6.45, 7) is 1.78. The Kier molecular flexibility index (Phi) is 3.36. The molecule has 0 aliphatic rings. The normalized spacial score (nSPS) is 10.2. The van der Waals surface area contributed by atoms with Gasteiger partial charge in [-0.25, -0.2) is 13.8 Å². The maximum absolute atomic E-state index is 13.6. The van der Waals surface area contributed by atoms with E-state index in [1.54, 1.807) is 20.0 Å². The van der Waals surface area contributed by atoms with Crippen LogP contribution in [-0.4, -0.2) is 17.0 Å². The number of nitrogens with zero attached hydrogens (tertiary/aromatic N) is 2. The number of hydrogen-bond donors (Lipinski definition) is 2. The number of halogens is 2. The van der Waals surface area contributed by atoms with Crippen LogP contribution in [0.2, 0.25) is 0 Å². The zero-order chi connectivity index (χ0) is 13.1. The highest BCUT2D eigenvalue weighted by molar-refractivity contribution is 5.58. The van der Waals surface area contributed by atoms with Crippen molar-refractivity contribution in [2.45, 2.75) is 6.92 Å². The van der Waals surface area contributed by atoms with E-state index in [-0.39, 0.29) is 17.5 Å². The van der Waals surface area contributed by atoms with Crippen LogP contribution < -0.4 is 10.6 Å². The smallest absolute Gasteiger partial charge is 0.224 e. The maximum Gasteiger partial charge on any atom is 0.224 e. The van der Waals surface area contributed by atoms with Crippen molar-refractivity contribution < 1.29 is 8.78 Å². The molecule has 18 heavy (non-hydrogen) atoms. The van der Waals surface area contributed by atoms with Crippen molar-refractivity contribution >= 4 is 17.5 Å². The summed E-state index contributed by atoms with van der Waals surface area (Å²) in [5.74, 6) is -0.920. The summed E-state index contributed by atoms with van der Waals surface area (Å²) < 4.78 is 27.1. The van der Waals surface area contributed by atoms with E-state index in [9.17, 15) is 8.78 Å². The standard InChI is InChI=1S/C12H12F2N4/c1-7-3-4-10(8(13)5-7)17-11-9(14)6-16-12(15-2)18-11/h3-6H,1-2H3,(H2,15,16,17,18). The van der Waals surface area contributed by atoms with E-state index in [4.69, 9.17) is 0 Å². The van der Waals surface area contributed by atoms with E-state index < -0.39 is 11.6 Å². The lowest BCUT2D eigenvalue weighted by Crippen LogP contribution is -2.04. The van der Waals surface area contributed by atoms with E-state index in [1.165, 1.54) is 12.1 Å². The third-order valence-electron chi connectivity index (χ3n) is 2.35. The number of benzene rings is 1. The molecule has 0 spiro atoms. The van der Waals surface area contributed by atoms with Crippen LogP contribution in [0.25, 0.3) is 0 Å². The van der Waals surface area contributed by atoms with Gasteiger partial charge in [0.25, 0.3) is 0 Å². The van der Waals surface area contributed by atoms with E-state index in [2.05, 4.69) is 20.6 Å². The molecule has 1 aromatic carbocycles. The van der Waals surface area contributed by atoms with Crippen molar-refractivity contribution in [3.8, 4) is 0 Å². The number of anilines is 3. The summed E-state index contributed by atoms with van der Waals surface area (Å²) in [5.41, 5.74) is 0.956. The number of nitrogens with one attached hydrogen (secondary N) is 2. The Morgan fingerprint density at radius 1 is 1.17 bits per heavy atom. The topological polar surface area (TPSA) is 49.8 Å². The van der Waals surface area contributed by atoms with E-state index in [1.807, 2.05) is 0 Å². The molecule has 0 atom stereocenters. The van der Waals surface area contributed by atoms with Crippen molar-refractivity contribution in [1.82, 2.24) is 9.97 Å². The highest BCUT2D eigenvalue weighted by Gasteiger charge is 2.09. The van der Waals surface area contributed by atoms with Gasteiger partial charge in [-0.3, -0.25) is 0 Å². The minimum absolute atomic E-state index is 0.0721. The van der Waals surface area contributed by atoms with Crippen LogP contribution in [0.5, 0.6) is 0 Å². The fourth-order valence-electron chi connectivity index (χ4n) is 1.42. The Balaban J connectivity index is 2.33. The van der Waals surface area contributed by atoms with Gasteiger partial charge in [-0.05, 0) is 24.6 Å². The van der Waals surface area contributed by atoms with E-state index >= 15 is 0 Å². The van der Waals surface area contributed by atoms with Crippen LogP contribution in [0, 0.1) is 18.6 Å². The van der Waals surface area contributed by atoms with Gasteiger partial charge in [0.05, 0.1) is 11.9 Å². The number of hydrogen-bond acceptors (Lipinski definition) is 4. The van der Waals surface area contributed by atoms with Crippen LogP contribution in [0.4, 0.5) is 26.2 Å². The molecule has 0 fully saturated rings. The second kappa shape index (κ2) is 4.95. The first kappa shape index (κ1) is 12.2. The second-order valence-corrected chi connectivity index (χ2v) is 3.75. The third kappa shape index (κ3) is 2.53. The van der Waals surface area contributed by atoms with Gasteiger partial charge in [-0.1, -0.05) is 6.07 Å². The van der Waals surface area contributed by atoms with Crippen LogP contribution >= 0.6 is 0 Å². The fourth-order valence-corrected chi connectivity index (χ4v) is 1.42. The van der Waals surface area contributed by atoms with E-state index in [0.717, 1.165) is 11.8 Å². The molecule has 2 rings (SSSR count). The summed E-state index contributed by atoms with van der Waals surface area (Å²) >= 11 is 0. The predicted molar refractivity (Wildman–Crippen MR) is 66.0 cm³/mol. The first-order valence-electron chi connectivity index (χ1n) is 5.33. The molecule has 4 nitrogen and oxygen atoms in total. The van der Waals surface area contributed by atoms with Gasteiger partial charge in [-0.2, -0.15) is 4.98 Å². The molecule has 94 valence electrons. The largest absolute Gasteiger partial charge is 0.357 e. The lowest BCUT2D eigenvalue weighted by molar-refractivity contribution is 0.616. The SMILES string of the molecule is CNc1ncc(F)c(Nc2ccc(C)cc2F)n1. The highest BCUT2D eigenvalue weighted by Crippen LogP contribution is 2.21. The first-order valence-corrected chi connectivity index (χ1v) is 5.33. The average molecular weight is 250 g/mol. The second-order valence-electron chi connectivity index (χ2n) is 3.75. The Labute approximate surface area is 103 Å². The van der Waals surface area contributed by atoms with Gasteiger partial charge in [0.1, 0.15) is 5.82 Å². The summed E-state index contributed by atoms with van der Waals surface area (Å²) in [5, 5.41) is 5.28. The predicted octanol–water partition coefficient (Wildman–Crippen LogP) is 2.85. The van der Waals surface area contributed by atoms with Gasteiger partial charge in [0, 0.05) is 7.05 Å². The summed E-state index contributed by atoms with van der Waals surface area (Å²) in [4.78, 5) is 7.58. The third-order valence-corrected chi connectivity index (χ3v) is 2.35. The van der Waals surface area contributed by atoms with Gasteiger partial charge in [0.2, 0.25) is 5.95 Å². The zero-order valence-corrected chi connectivity index (χ0v) is 9.96. The van der Waals surface area contributed by atoms with Gasteiger partial charge in [-0.15, -0.1) is 0 Å². The monoisotopic (exact) mass is 250 g/mol. The van der Waals surface area contributed by atoms with Crippen LogP contribution in [-0.2, 0) is 0 Å². The van der Waals surface area contributed by atoms with Crippen LogP contribution in [0.1, 0.15) is 5.56 Å². The van der Waals surface area contributed by atoms with Crippen molar-refractivity contribution in [2.24, 2.45) is 0 Å². The summed E-state index contributed by atoms with van der Waals surface area (Å²) in [6.07, 6.45) is 1.02. The number of rotatable bonds is 3. The highest BCUT2D eigenvalue weighted by atomic mass is 19.1. The fraction of sp³-hybridized carbons (Fsp3) is 0.167. The molecule has 2 aromatic rings. The molecule has 0 aliphatic heterocycles. The molecular weight excluding hydrogens is 238 g/mol. The van der Waals surface area contributed by atoms with Gasteiger partial charge >= 0.3 is 0 Å². The zero-order valence-electron chi connectivity index (χ0n) is 9.96. The number of aryl methyl sites for hydroxylation is 1. The summed E-state index contributed by atoms with van der Waals surface area (Å²) in [6, 6.07) is 4.62. The molecule has 0 radical (unpaired) electrons. The minimum Gasteiger partial charge on any atom is -0.357 e. The molecule has 0 amide bonds. The number of aromatic nitrogens is 2. The maximum atomic E-state index is 13.6. The van der Waals surface area contributed by atoms with Crippen LogP contribution in [0.3, 0.4) is 0 Å². The Morgan fingerprint density at radius 3 is 2.61 bits per heavy atom. The van der Waals surface area contributed by atoms with Crippen molar-refractivity contribution in [3.63, 3.8) is 0 Å². The minimum atomic E-state index is -0.644. The molecule has 0 unspecified atom stereocenters.